The Labute approximate surface area is 266 Å². The number of anilines is 1. The van der Waals surface area contributed by atoms with E-state index in [9.17, 15) is 19.2 Å². The summed E-state index contributed by atoms with van der Waals surface area (Å²) in [7, 11) is 0. The van der Waals surface area contributed by atoms with E-state index in [1.165, 1.54) is 4.90 Å². The molecule has 3 N–H and O–H groups in total. The number of carbonyl (C=O) groups is 3. The fraction of sp³-hybridized carbons (Fsp3) is 0.286. The summed E-state index contributed by atoms with van der Waals surface area (Å²) in [5.41, 5.74) is 4.60. The smallest absolute Gasteiger partial charge is 0.411 e. The molecule has 2 aromatic heterocycles. The minimum absolute atomic E-state index is 0.0185. The normalized spacial score (nSPS) is 17.2. The van der Waals surface area contributed by atoms with Gasteiger partial charge >= 0.3 is 12.2 Å². The summed E-state index contributed by atoms with van der Waals surface area (Å²) in [5.74, 6) is -0.695. The highest BCUT2D eigenvalue weighted by molar-refractivity contribution is 5.97. The van der Waals surface area contributed by atoms with Crippen LogP contribution in [-0.2, 0) is 14.3 Å². The third kappa shape index (κ3) is 6.49. The number of likely N-dealkylation sites (tertiary alicyclic amines) is 1. The van der Waals surface area contributed by atoms with Crippen molar-refractivity contribution < 1.29 is 23.9 Å². The fourth-order valence-corrected chi connectivity index (χ4v) is 6.02. The maximum atomic E-state index is 13.6. The zero-order chi connectivity index (χ0) is 32.4. The Morgan fingerprint density at radius 1 is 0.957 bits per heavy atom. The first-order valence-electron chi connectivity index (χ1n) is 15.1. The molecule has 0 saturated carbocycles. The summed E-state index contributed by atoms with van der Waals surface area (Å²) in [4.78, 5) is 60.4. The van der Waals surface area contributed by atoms with E-state index in [2.05, 4.69) is 32.7 Å². The number of carbonyl (C=O) groups excluding carboxylic acids is 3. The first-order chi connectivity index (χ1) is 22.1. The van der Waals surface area contributed by atoms with Crippen LogP contribution in [0.5, 0.6) is 0 Å². The molecule has 3 heterocycles. The molecule has 1 aliphatic heterocycles. The van der Waals surface area contributed by atoms with Crippen molar-refractivity contribution in [2.24, 2.45) is 0 Å². The average molecular weight is 622 g/mol. The molecule has 6 rings (SSSR count). The van der Waals surface area contributed by atoms with Crippen LogP contribution < -0.4 is 16.2 Å². The number of fused-ring (bicyclic) bond motifs is 3. The van der Waals surface area contributed by atoms with Gasteiger partial charge in [0.15, 0.2) is 0 Å². The second-order valence-electron chi connectivity index (χ2n) is 12.4. The second kappa shape index (κ2) is 12.5. The highest BCUT2D eigenvalue weighted by atomic mass is 16.6. The number of aromatic amines is 1. The summed E-state index contributed by atoms with van der Waals surface area (Å²) < 4.78 is 11.3. The summed E-state index contributed by atoms with van der Waals surface area (Å²) in [6.45, 7) is 5.33. The number of hydrogen-bond acceptors (Lipinski definition) is 7. The molecule has 0 bridgehead atoms. The standard InChI is InChI=1S/C35H35N5O6/c1-35(2,3)46-34(44)40-19-23(17-30(40)32(42)39-29-16-22(18-37-31(29)41)21-12-14-36-15-13-21)38-33(43)45-20-28-26-10-6-4-8-24(26)25-9-5-7-11-27(25)28/h4-16,18,23,28,30H,17,19-20H2,1-3H3,(H,37,41)(H,38,43)(H,39,42)/t23-,30+/m0/s1. The highest BCUT2D eigenvalue weighted by Gasteiger charge is 2.42. The lowest BCUT2D eigenvalue weighted by molar-refractivity contribution is -0.120. The molecule has 2 aliphatic rings. The van der Waals surface area contributed by atoms with Crippen LogP contribution >= 0.6 is 0 Å². The molecule has 1 fully saturated rings. The van der Waals surface area contributed by atoms with Crippen molar-refractivity contribution in [1.82, 2.24) is 20.2 Å². The minimum atomic E-state index is -1.02. The van der Waals surface area contributed by atoms with E-state index in [1.54, 1.807) is 57.6 Å². The van der Waals surface area contributed by atoms with E-state index >= 15 is 0 Å². The van der Waals surface area contributed by atoms with Crippen LogP contribution in [0.1, 0.15) is 44.2 Å². The van der Waals surface area contributed by atoms with E-state index in [1.807, 2.05) is 36.4 Å². The number of aromatic nitrogens is 2. The summed E-state index contributed by atoms with van der Waals surface area (Å²) in [5, 5.41) is 5.50. The minimum Gasteiger partial charge on any atom is -0.449 e. The van der Waals surface area contributed by atoms with Crippen LogP contribution in [0.4, 0.5) is 15.3 Å². The van der Waals surface area contributed by atoms with Gasteiger partial charge in [0.05, 0.1) is 6.04 Å². The maximum absolute atomic E-state index is 13.6. The molecule has 236 valence electrons. The van der Waals surface area contributed by atoms with Crippen LogP contribution in [0, 0.1) is 0 Å². The van der Waals surface area contributed by atoms with Crippen LogP contribution in [0.2, 0.25) is 0 Å². The summed E-state index contributed by atoms with van der Waals surface area (Å²) in [6, 6.07) is 19.6. The molecule has 1 saturated heterocycles. The van der Waals surface area contributed by atoms with Crippen molar-refractivity contribution in [2.75, 3.05) is 18.5 Å². The molecule has 0 radical (unpaired) electrons. The number of hydrogen-bond donors (Lipinski definition) is 3. The van der Waals surface area contributed by atoms with E-state index in [4.69, 9.17) is 9.47 Å². The number of pyridine rings is 2. The van der Waals surface area contributed by atoms with Crippen LogP contribution in [0.25, 0.3) is 22.3 Å². The number of amides is 3. The van der Waals surface area contributed by atoms with Crippen molar-refractivity contribution in [1.29, 1.82) is 0 Å². The van der Waals surface area contributed by atoms with Gasteiger partial charge in [0.1, 0.15) is 23.9 Å². The Hall–Kier alpha value is -5.45. The zero-order valence-corrected chi connectivity index (χ0v) is 25.8. The number of nitrogens with zero attached hydrogens (tertiary/aromatic N) is 2. The third-order valence-corrected chi connectivity index (χ3v) is 8.07. The van der Waals surface area contributed by atoms with Crippen molar-refractivity contribution in [3.8, 4) is 22.3 Å². The lowest BCUT2D eigenvalue weighted by Crippen LogP contribution is -2.46. The molecule has 0 spiro atoms. The Kier molecular flexibility index (Phi) is 8.31. The topological polar surface area (TPSA) is 143 Å². The molecule has 4 aromatic rings. The Bertz CT molecular complexity index is 1790. The Morgan fingerprint density at radius 2 is 1.61 bits per heavy atom. The van der Waals surface area contributed by atoms with Crippen molar-refractivity contribution in [2.45, 2.75) is 50.8 Å². The molecule has 3 amide bonds. The lowest BCUT2D eigenvalue weighted by atomic mass is 9.98. The van der Waals surface area contributed by atoms with E-state index < -0.39 is 41.3 Å². The second-order valence-corrected chi connectivity index (χ2v) is 12.4. The van der Waals surface area contributed by atoms with E-state index in [0.29, 0.717) is 5.56 Å². The van der Waals surface area contributed by atoms with Crippen LogP contribution in [0.15, 0.2) is 90.1 Å². The van der Waals surface area contributed by atoms with E-state index in [-0.39, 0.29) is 31.2 Å². The number of ether oxygens (including phenoxy) is 2. The fourth-order valence-electron chi connectivity index (χ4n) is 6.02. The molecule has 2 atom stereocenters. The van der Waals surface area contributed by atoms with Gasteiger partial charge in [-0.1, -0.05) is 48.5 Å². The first kappa shape index (κ1) is 30.6. The number of rotatable bonds is 6. The molecule has 46 heavy (non-hydrogen) atoms. The van der Waals surface area contributed by atoms with Crippen molar-refractivity contribution in [3.05, 3.63) is 107 Å². The number of H-pyrrole nitrogens is 1. The molecule has 1 aliphatic carbocycles. The molecule has 11 heteroatoms. The van der Waals surface area contributed by atoms with Gasteiger partial charge in [-0.2, -0.15) is 0 Å². The van der Waals surface area contributed by atoms with Gasteiger partial charge in [-0.3, -0.25) is 19.5 Å². The van der Waals surface area contributed by atoms with Crippen molar-refractivity contribution >= 4 is 23.8 Å². The van der Waals surface area contributed by atoms with Crippen LogP contribution in [-0.4, -0.2) is 63.8 Å². The van der Waals surface area contributed by atoms with Gasteiger partial charge in [-0.25, -0.2) is 9.59 Å². The van der Waals surface area contributed by atoms with Gasteiger partial charge in [0.25, 0.3) is 5.56 Å². The van der Waals surface area contributed by atoms with Crippen molar-refractivity contribution in [3.63, 3.8) is 0 Å². The molecule has 0 unspecified atom stereocenters. The first-order valence-corrected chi connectivity index (χ1v) is 15.1. The van der Waals surface area contributed by atoms with E-state index in [0.717, 1.165) is 27.8 Å². The van der Waals surface area contributed by atoms with Gasteiger partial charge in [0, 0.05) is 36.6 Å². The average Bonchev–Trinajstić information content (AvgIpc) is 3.60. The largest absolute Gasteiger partial charge is 0.449 e. The predicted molar refractivity (Wildman–Crippen MR) is 172 cm³/mol. The zero-order valence-electron chi connectivity index (χ0n) is 25.8. The highest BCUT2D eigenvalue weighted by Crippen LogP contribution is 2.44. The predicted octanol–water partition coefficient (Wildman–Crippen LogP) is 5.29. The lowest BCUT2D eigenvalue weighted by Gasteiger charge is -2.27. The Balaban J connectivity index is 1.15. The number of benzene rings is 2. The van der Waals surface area contributed by atoms with Crippen LogP contribution in [0.3, 0.4) is 0 Å². The summed E-state index contributed by atoms with van der Waals surface area (Å²) in [6.07, 6.45) is 3.53. The Morgan fingerprint density at radius 3 is 2.26 bits per heavy atom. The molecular formula is C35H35N5O6. The van der Waals surface area contributed by atoms with Gasteiger partial charge in [0.2, 0.25) is 5.91 Å². The number of alkyl carbamates (subject to hydrolysis) is 1. The molecular weight excluding hydrogens is 586 g/mol. The number of nitrogens with one attached hydrogen (secondary N) is 3. The monoisotopic (exact) mass is 621 g/mol. The summed E-state index contributed by atoms with van der Waals surface area (Å²) >= 11 is 0. The van der Waals surface area contributed by atoms with Gasteiger partial charge < -0.3 is 25.1 Å². The molecule has 2 aromatic carbocycles. The third-order valence-electron chi connectivity index (χ3n) is 8.07. The van der Waals surface area contributed by atoms with Gasteiger partial charge in [-0.15, -0.1) is 0 Å². The quantitative estimate of drug-likeness (QED) is 0.265. The molecule has 11 nitrogen and oxygen atoms in total. The SMILES string of the molecule is CC(C)(C)OC(=O)N1C[C@@H](NC(=O)OCC2c3ccccc3-c3ccccc32)C[C@@H]1C(=O)Nc1cc(-c2ccncc2)c[nH]c1=O. The maximum Gasteiger partial charge on any atom is 0.411 e. The van der Waals surface area contributed by atoms with Gasteiger partial charge in [-0.05, 0) is 73.2 Å².